The third-order valence-electron chi connectivity index (χ3n) is 5.29. The van der Waals surface area contributed by atoms with Gasteiger partial charge in [-0.3, -0.25) is 0 Å². The second-order valence-corrected chi connectivity index (χ2v) is 13.1. The molecular weight excluding hydrogens is 364 g/mol. The Morgan fingerprint density at radius 3 is 2.26 bits per heavy atom. The number of ether oxygens (including phenoxy) is 4. The quantitative estimate of drug-likeness (QED) is 0.361. The summed E-state index contributed by atoms with van der Waals surface area (Å²) in [6, 6.07) is 7.63. The number of rotatable bonds is 9. The molecule has 1 aromatic carbocycles. The van der Waals surface area contributed by atoms with Gasteiger partial charge in [0.1, 0.15) is 18.0 Å². The van der Waals surface area contributed by atoms with Gasteiger partial charge in [-0.15, -0.1) is 0 Å². The summed E-state index contributed by atoms with van der Waals surface area (Å²) in [4.78, 5) is 12.5. The molecule has 0 saturated carbocycles. The molecule has 1 saturated heterocycles. The van der Waals surface area contributed by atoms with Crippen LogP contribution in [0.5, 0.6) is 5.75 Å². The Labute approximate surface area is 163 Å². The van der Waals surface area contributed by atoms with Crippen LogP contribution in [0.25, 0.3) is 0 Å². The molecule has 27 heavy (non-hydrogen) atoms. The van der Waals surface area contributed by atoms with E-state index in [1.54, 1.807) is 7.11 Å². The third kappa shape index (κ3) is 5.78. The first-order chi connectivity index (χ1) is 12.6. The normalized spacial score (nSPS) is 19.3. The fraction of sp³-hybridized carbons (Fsp3) is 0.650. The Hall–Kier alpha value is -1.41. The van der Waals surface area contributed by atoms with Gasteiger partial charge in [0.05, 0.1) is 27.4 Å². The highest BCUT2D eigenvalue weighted by molar-refractivity contribution is 6.74. The molecule has 0 amide bonds. The topological polar surface area (TPSA) is 66.5 Å². The molecule has 152 valence electrons. The van der Waals surface area contributed by atoms with Gasteiger partial charge in [-0.1, -0.05) is 32.9 Å². The van der Waals surface area contributed by atoms with Gasteiger partial charge in [-0.25, -0.2) is 4.79 Å². The van der Waals surface area contributed by atoms with Gasteiger partial charge in [-0.05, 0) is 35.8 Å². The minimum absolute atomic E-state index is 0.0375. The number of benzene rings is 1. The van der Waals surface area contributed by atoms with E-state index in [2.05, 4.69) is 33.9 Å². The number of hydrogen-bond acceptors (Lipinski definition) is 6. The highest BCUT2D eigenvalue weighted by Gasteiger charge is 2.48. The molecule has 7 heteroatoms. The molecule has 3 atom stereocenters. The molecule has 1 heterocycles. The number of carbonyl (C=O) groups excluding carboxylic acids is 1. The SMILES string of the molecule is COC(=O)[C@H](O[Si](C)(C)C(C)(C)C)[C@@H](OCc1ccc(OC)cc1)C1CO1. The largest absolute Gasteiger partial charge is 0.497 e. The maximum atomic E-state index is 12.5. The van der Waals surface area contributed by atoms with E-state index in [4.69, 9.17) is 23.4 Å². The monoisotopic (exact) mass is 396 g/mol. The van der Waals surface area contributed by atoms with Gasteiger partial charge in [-0.2, -0.15) is 0 Å². The van der Waals surface area contributed by atoms with Crippen molar-refractivity contribution >= 4 is 14.3 Å². The first-order valence-electron chi connectivity index (χ1n) is 9.21. The molecule has 1 aliphatic rings. The van der Waals surface area contributed by atoms with Crippen molar-refractivity contribution in [2.45, 2.75) is 63.8 Å². The minimum atomic E-state index is -2.20. The van der Waals surface area contributed by atoms with Crippen LogP contribution in [0.3, 0.4) is 0 Å². The van der Waals surface area contributed by atoms with Gasteiger partial charge in [0.25, 0.3) is 0 Å². The minimum Gasteiger partial charge on any atom is -0.497 e. The van der Waals surface area contributed by atoms with E-state index in [-0.39, 0.29) is 11.1 Å². The lowest BCUT2D eigenvalue weighted by Gasteiger charge is -2.40. The number of carbonyl (C=O) groups is 1. The summed E-state index contributed by atoms with van der Waals surface area (Å²) < 4.78 is 28.1. The summed E-state index contributed by atoms with van der Waals surface area (Å²) in [6.07, 6.45) is -1.47. The third-order valence-corrected chi connectivity index (χ3v) is 9.74. The van der Waals surface area contributed by atoms with Gasteiger partial charge in [0, 0.05) is 0 Å². The van der Waals surface area contributed by atoms with Crippen molar-refractivity contribution in [3.8, 4) is 5.75 Å². The smallest absolute Gasteiger partial charge is 0.336 e. The molecule has 0 spiro atoms. The maximum absolute atomic E-state index is 12.5. The highest BCUT2D eigenvalue weighted by atomic mass is 28.4. The van der Waals surface area contributed by atoms with Crippen LogP contribution in [0.15, 0.2) is 24.3 Å². The fourth-order valence-electron chi connectivity index (χ4n) is 2.41. The van der Waals surface area contributed by atoms with Crippen molar-refractivity contribution < 1.29 is 28.2 Å². The molecule has 1 aliphatic heterocycles. The number of epoxide rings is 1. The molecule has 1 aromatic rings. The Balaban J connectivity index is 2.14. The average molecular weight is 397 g/mol. The Morgan fingerprint density at radius 2 is 1.81 bits per heavy atom. The van der Waals surface area contributed by atoms with E-state index >= 15 is 0 Å². The van der Waals surface area contributed by atoms with Crippen molar-refractivity contribution in [2.75, 3.05) is 20.8 Å². The van der Waals surface area contributed by atoms with E-state index in [1.165, 1.54) is 7.11 Å². The predicted molar refractivity (Wildman–Crippen MR) is 105 cm³/mol. The van der Waals surface area contributed by atoms with Gasteiger partial charge < -0.3 is 23.4 Å². The van der Waals surface area contributed by atoms with Gasteiger partial charge in [0.2, 0.25) is 0 Å². The molecule has 1 unspecified atom stereocenters. The van der Waals surface area contributed by atoms with Crippen LogP contribution >= 0.6 is 0 Å². The van der Waals surface area contributed by atoms with E-state index in [0.29, 0.717) is 13.2 Å². The molecule has 1 fully saturated rings. The summed E-state index contributed by atoms with van der Waals surface area (Å²) >= 11 is 0. The molecule has 6 nitrogen and oxygen atoms in total. The first kappa shape index (κ1) is 21.9. The lowest BCUT2D eigenvalue weighted by Crippen LogP contribution is -2.52. The zero-order chi connectivity index (χ0) is 20.2. The molecule has 0 bridgehead atoms. The van der Waals surface area contributed by atoms with Crippen molar-refractivity contribution in [2.24, 2.45) is 0 Å². The van der Waals surface area contributed by atoms with Crippen LogP contribution in [0.4, 0.5) is 0 Å². The Morgan fingerprint density at radius 1 is 1.22 bits per heavy atom. The second kappa shape index (κ2) is 8.73. The molecule has 0 aliphatic carbocycles. The van der Waals surface area contributed by atoms with Crippen LogP contribution in [-0.2, 0) is 30.0 Å². The zero-order valence-electron chi connectivity index (χ0n) is 17.4. The lowest BCUT2D eigenvalue weighted by atomic mass is 10.1. The molecular formula is C20H32O6Si. The zero-order valence-corrected chi connectivity index (χ0v) is 18.4. The first-order valence-corrected chi connectivity index (χ1v) is 12.1. The molecule has 2 rings (SSSR count). The summed E-state index contributed by atoms with van der Waals surface area (Å²) in [7, 11) is 0.802. The standard InChI is InChI=1S/C20H32O6Si/c1-20(2,3)27(6,7)26-18(19(21)23-5)17(16-13-24-16)25-12-14-8-10-15(22-4)11-9-14/h8-11,16-18H,12-13H2,1-7H3/t16?,17-,18+/m0/s1. The Bertz CT molecular complexity index is 618. The van der Waals surface area contributed by atoms with E-state index in [9.17, 15) is 4.79 Å². The maximum Gasteiger partial charge on any atom is 0.336 e. The summed E-state index contributed by atoms with van der Waals surface area (Å²) in [5, 5.41) is -0.0375. The van der Waals surface area contributed by atoms with Gasteiger partial charge >= 0.3 is 5.97 Å². The van der Waals surface area contributed by atoms with Crippen LogP contribution in [0, 0.1) is 0 Å². The van der Waals surface area contributed by atoms with Crippen molar-refractivity contribution in [1.29, 1.82) is 0 Å². The fourth-order valence-corrected chi connectivity index (χ4v) is 3.63. The van der Waals surface area contributed by atoms with E-state index in [1.807, 2.05) is 24.3 Å². The van der Waals surface area contributed by atoms with Gasteiger partial charge in [0.15, 0.2) is 14.4 Å². The second-order valence-electron chi connectivity index (χ2n) is 8.32. The van der Waals surface area contributed by atoms with Crippen molar-refractivity contribution in [1.82, 2.24) is 0 Å². The number of hydrogen-bond donors (Lipinski definition) is 0. The van der Waals surface area contributed by atoms with Crippen molar-refractivity contribution in [3.63, 3.8) is 0 Å². The molecule has 0 N–H and O–H groups in total. The Kier molecular flexibility index (Phi) is 7.07. The average Bonchev–Trinajstić information content (AvgIpc) is 3.44. The predicted octanol–water partition coefficient (Wildman–Crippen LogP) is 3.54. The molecule has 0 radical (unpaired) electrons. The van der Waals surface area contributed by atoms with Crippen LogP contribution in [-0.4, -0.2) is 53.4 Å². The summed E-state index contributed by atoms with van der Waals surface area (Å²) in [6.45, 7) is 11.5. The van der Waals surface area contributed by atoms with E-state index < -0.39 is 26.5 Å². The molecule has 0 aromatic heterocycles. The van der Waals surface area contributed by atoms with E-state index in [0.717, 1.165) is 11.3 Å². The summed E-state index contributed by atoms with van der Waals surface area (Å²) in [5.41, 5.74) is 0.984. The highest BCUT2D eigenvalue weighted by Crippen LogP contribution is 2.39. The van der Waals surface area contributed by atoms with Crippen LogP contribution in [0.1, 0.15) is 26.3 Å². The number of methoxy groups -OCH3 is 2. The summed E-state index contributed by atoms with van der Waals surface area (Å²) in [5.74, 6) is 0.365. The van der Waals surface area contributed by atoms with Crippen LogP contribution < -0.4 is 4.74 Å². The van der Waals surface area contributed by atoms with Crippen LogP contribution in [0.2, 0.25) is 18.1 Å². The van der Waals surface area contributed by atoms with Crippen molar-refractivity contribution in [3.05, 3.63) is 29.8 Å². The lowest BCUT2D eigenvalue weighted by molar-refractivity contribution is -0.159. The number of esters is 1.